The van der Waals surface area contributed by atoms with Gasteiger partial charge in [-0.2, -0.15) is 0 Å². The van der Waals surface area contributed by atoms with Crippen molar-refractivity contribution in [2.45, 2.75) is 57.0 Å². The molecule has 5 heteroatoms. The minimum absolute atomic E-state index is 0.163. The van der Waals surface area contributed by atoms with Crippen LogP contribution in [-0.2, 0) is 4.79 Å². The highest BCUT2D eigenvalue weighted by atomic mass is 16.2. The lowest BCUT2D eigenvalue weighted by atomic mass is 9.89. The minimum atomic E-state index is -0.163. The molecule has 1 aliphatic heterocycles. The summed E-state index contributed by atoms with van der Waals surface area (Å²) in [7, 11) is 0. The molecule has 5 nitrogen and oxygen atoms in total. The predicted molar refractivity (Wildman–Crippen MR) is 109 cm³/mol. The number of amides is 1. The van der Waals surface area contributed by atoms with Crippen LogP contribution in [0.5, 0.6) is 0 Å². The van der Waals surface area contributed by atoms with Gasteiger partial charge in [-0.25, -0.2) is 0 Å². The van der Waals surface area contributed by atoms with E-state index in [1.807, 2.05) is 6.21 Å². The summed E-state index contributed by atoms with van der Waals surface area (Å²) in [5.41, 5.74) is 8.82. The Morgan fingerprint density at radius 1 is 1.22 bits per heavy atom. The van der Waals surface area contributed by atoms with Gasteiger partial charge in [-0.1, -0.05) is 30.4 Å². The molecule has 0 radical (unpaired) electrons. The molecule has 1 fully saturated rings. The molecule has 3 N–H and O–H groups in total. The second kappa shape index (κ2) is 7.67. The monoisotopic (exact) mass is 364 g/mol. The number of nitrogens with one attached hydrogen (secondary N) is 1. The zero-order valence-electron chi connectivity index (χ0n) is 15.7. The van der Waals surface area contributed by atoms with Crippen molar-refractivity contribution in [3.05, 3.63) is 47.3 Å². The van der Waals surface area contributed by atoms with Crippen LogP contribution >= 0.6 is 0 Å². The molecule has 0 bridgehead atoms. The molecular weight excluding hydrogens is 336 g/mol. The van der Waals surface area contributed by atoms with Gasteiger partial charge >= 0.3 is 0 Å². The second-order valence-corrected chi connectivity index (χ2v) is 7.97. The minimum Gasteiger partial charge on any atom is -0.402 e. The zero-order chi connectivity index (χ0) is 18.8. The summed E-state index contributed by atoms with van der Waals surface area (Å²) in [6.07, 6.45) is 20.1. The third-order valence-electron chi connectivity index (χ3n) is 6.04. The highest BCUT2D eigenvalue weighted by Gasteiger charge is 2.40. The molecule has 4 rings (SSSR count). The van der Waals surface area contributed by atoms with Crippen LogP contribution in [0.3, 0.4) is 0 Å². The Kier molecular flexibility index (Phi) is 5.10. The third kappa shape index (κ3) is 3.82. The number of hydrogen-bond acceptors (Lipinski definition) is 4. The lowest BCUT2D eigenvalue weighted by molar-refractivity contribution is -0.136. The van der Waals surface area contributed by atoms with Gasteiger partial charge in [0.2, 0.25) is 5.91 Å². The standard InChI is InChI=1S/C22H28N4O/c23-13-17-12-19(9-10-20(17)24)26(18-7-8-18)22(27)16-6-11-21(25-14-16)15-4-2-1-3-5-15/h1-4,11,13-16,18-19,23H,5-10,12,24H2. The normalized spacial score (nSPS) is 30.2. The van der Waals surface area contributed by atoms with E-state index in [1.165, 1.54) is 6.21 Å². The van der Waals surface area contributed by atoms with E-state index >= 15 is 0 Å². The van der Waals surface area contributed by atoms with Gasteiger partial charge in [0.05, 0.1) is 5.92 Å². The Morgan fingerprint density at radius 3 is 2.70 bits per heavy atom. The van der Waals surface area contributed by atoms with Crippen LogP contribution in [0.4, 0.5) is 0 Å². The highest BCUT2D eigenvalue weighted by molar-refractivity contribution is 5.95. The van der Waals surface area contributed by atoms with E-state index < -0.39 is 0 Å². The fraction of sp³-hybridized carbons (Fsp3) is 0.500. The number of carbonyl (C=O) groups excluding carboxylic acids is 1. The number of hydrogen-bond donors (Lipinski definition) is 2. The van der Waals surface area contributed by atoms with Gasteiger partial charge in [0.25, 0.3) is 0 Å². The fourth-order valence-electron chi connectivity index (χ4n) is 4.31. The van der Waals surface area contributed by atoms with Crippen molar-refractivity contribution in [1.29, 1.82) is 5.41 Å². The average molecular weight is 364 g/mol. The largest absolute Gasteiger partial charge is 0.402 e. The number of aliphatic imine (C=N–C) groups is 1. The fourth-order valence-corrected chi connectivity index (χ4v) is 4.31. The molecule has 3 unspecified atom stereocenters. The molecule has 1 saturated carbocycles. The van der Waals surface area contributed by atoms with E-state index in [0.717, 1.165) is 55.5 Å². The number of carbonyl (C=O) groups is 1. The summed E-state index contributed by atoms with van der Waals surface area (Å²) in [4.78, 5) is 20.1. The van der Waals surface area contributed by atoms with Gasteiger partial charge < -0.3 is 16.0 Å². The highest BCUT2D eigenvalue weighted by Crippen LogP contribution is 2.36. The number of allylic oxidation sites excluding steroid dienone is 6. The summed E-state index contributed by atoms with van der Waals surface area (Å²) < 4.78 is 0. The first kappa shape index (κ1) is 18.0. The summed E-state index contributed by atoms with van der Waals surface area (Å²) in [6, 6.07) is 0.526. The number of rotatable bonds is 5. The molecule has 0 aromatic carbocycles. The molecule has 1 amide bonds. The summed E-state index contributed by atoms with van der Waals surface area (Å²) >= 11 is 0. The lowest BCUT2D eigenvalue weighted by Gasteiger charge is -2.37. The molecule has 0 saturated heterocycles. The Morgan fingerprint density at radius 2 is 2.07 bits per heavy atom. The van der Waals surface area contributed by atoms with Crippen molar-refractivity contribution in [3.8, 4) is 0 Å². The van der Waals surface area contributed by atoms with Gasteiger partial charge in [-0.05, 0) is 50.5 Å². The second-order valence-electron chi connectivity index (χ2n) is 7.97. The van der Waals surface area contributed by atoms with E-state index in [-0.39, 0.29) is 17.9 Å². The van der Waals surface area contributed by atoms with Crippen molar-refractivity contribution in [3.63, 3.8) is 0 Å². The quantitative estimate of drug-likeness (QED) is 0.732. The first-order chi connectivity index (χ1) is 13.2. The maximum absolute atomic E-state index is 13.3. The lowest BCUT2D eigenvalue weighted by Crippen LogP contribution is -2.47. The van der Waals surface area contributed by atoms with E-state index in [0.29, 0.717) is 18.4 Å². The van der Waals surface area contributed by atoms with Gasteiger partial charge in [0, 0.05) is 41.8 Å². The van der Waals surface area contributed by atoms with E-state index in [4.69, 9.17) is 11.1 Å². The Hall–Kier alpha value is -2.43. The van der Waals surface area contributed by atoms with Crippen LogP contribution in [0.25, 0.3) is 0 Å². The molecular formula is C22H28N4O. The molecule has 0 aromatic rings. The van der Waals surface area contributed by atoms with Crippen LogP contribution in [0.15, 0.2) is 52.3 Å². The molecule has 4 aliphatic rings. The third-order valence-corrected chi connectivity index (χ3v) is 6.04. The smallest absolute Gasteiger partial charge is 0.231 e. The number of nitrogens with two attached hydrogens (primary N) is 1. The van der Waals surface area contributed by atoms with Crippen molar-refractivity contribution in [2.24, 2.45) is 22.6 Å². The first-order valence-electron chi connectivity index (χ1n) is 10.0. The predicted octanol–water partition coefficient (Wildman–Crippen LogP) is 3.50. The van der Waals surface area contributed by atoms with Gasteiger partial charge in [0.1, 0.15) is 0 Å². The Bertz CT molecular complexity index is 769. The van der Waals surface area contributed by atoms with Crippen LogP contribution in [0.2, 0.25) is 0 Å². The zero-order valence-corrected chi connectivity index (χ0v) is 15.7. The van der Waals surface area contributed by atoms with Crippen LogP contribution in [0, 0.1) is 17.2 Å². The van der Waals surface area contributed by atoms with Crippen molar-refractivity contribution in [1.82, 2.24) is 4.90 Å². The molecule has 142 valence electrons. The van der Waals surface area contributed by atoms with Crippen molar-refractivity contribution >= 4 is 18.3 Å². The topological polar surface area (TPSA) is 82.5 Å². The van der Waals surface area contributed by atoms with Crippen molar-refractivity contribution < 1.29 is 4.79 Å². The van der Waals surface area contributed by atoms with E-state index in [9.17, 15) is 4.79 Å². The molecule has 0 spiro atoms. The van der Waals surface area contributed by atoms with Crippen LogP contribution in [0.1, 0.15) is 44.9 Å². The maximum atomic E-state index is 13.3. The average Bonchev–Trinajstić information content (AvgIpc) is 3.55. The van der Waals surface area contributed by atoms with E-state index in [1.54, 1.807) is 0 Å². The summed E-state index contributed by atoms with van der Waals surface area (Å²) in [6.45, 7) is 0. The summed E-state index contributed by atoms with van der Waals surface area (Å²) in [5.74, 6) is 0.373. The SMILES string of the molecule is N=CC1=C(N)CCC(N(C(=O)C2C=NC(C3C=CC=CC3)=CC2)C2CC2)C1. The molecule has 1 heterocycles. The van der Waals surface area contributed by atoms with Crippen molar-refractivity contribution in [2.75, 3.05) is 0 Å². The van der Waals surface area contributed by atoms with Gasteiger partial charge in [-0.3, -0.25) is 9.79 Å². The first-order valence-corrected chi connectivity index (χ1v) is 10.0. The maximum Gasteiger partial charge on any atom is 0.231 e. The van der Waals surface area contributed by atoms with E-state index in [2.05, 4.69) is 40.3 Å². The number of nitrogens with zero attached hydrogens (tertiary/aromatic N) is 2. The Labute approximate surface area is 160 Å². The van der Waals surface area contributed by atoms with Gasteiger partial charge in [0.15, 0.2) is 0 Å². The molecule has 0 aromatic heterocycles. The molecule has 27 heavy (non-hydrogen) atoms. The molecule has 3 aliphatic carbocycles. The van der Waals surface area contributed by atoms with Crippen LogP contribution in [-0.4, -0.2) is 35.3 Å². The van der Waals surface area contributed by atoms with Crippen LogP contribution < -0.4 is 5.73 Å². The summed E-state index contributed by atoms with van der Waals surface area (Å²) in [5, 5.41) is 7.60. The van der Waals surface area contributed by atoms with Gasteiger partial charge in [-0.15, -0.1) is 0 Å². The molecule has 3 atom stereocenters. The Balaban J connectivity index is 1.44.